The molecule has 0 saturated carbocycles. The molecule has 120 valence electrons. The number of benzene rings is 1. The van der Waals surface area contributed by atoms with Gasteiger partial charge in [0.1, 0.15) is 5.75 Å². The molecule has 0 spiro atoms. The Morgan fingerprint density at radius 1 is 1.17 bits per heavy atom. The van der Waals surface area contributed by atoms with E-state index in [0.717, 1.165) is 28.9 Å². The van der Waals surface area contributed by atoms with Gasteiger partial charge in [-0.25, -0.2) is 0 Å². The third-order valence-corrected chi connectivity index (χ3v) is 4.99. The molecule has 0 N–H and O–H groups in total. The van der Waals surface area contributed by atoms with Gasteiger partial charge in [-0.15, -0.1) is 0 Å². The van der Waals surface area contributed by atoms with E-state index in [-0.39, 0.29) is 0 Å². The summed E-state index contributed by atoms with van der Waals surface area (Å²) in [6.45, 7) is 2.74. The molecule has 1 aromatic heterocycles. The van der Waals surface area contributed by atoms with E-state index in [1.807, 2.05) is 37.5 Å². The van der Waals surface area contributed by atoms with Gasteiger partial charge in [-0.3, -0.25) is 4.98 Å². The van der Waals surface area contributed by atoms with Gasteiger partial charge in [-0.05, 0) is 61.6 Å². The van der Waals surface area contributed by atoms with E-state index >= 15 is 0 Å². The quantitative estimate of drug-likeness (QED) is 0.817. The fourth-order valence-electron chi connectivity index (χ4n) is 3.65. The number of pyridine rings is 1. The molecule has 0 aliphatic carbocycles. The molecule has 3 atom stereocenters. The first-order valence-corrected chi connectivity index (χ1v) is 8.56. The van der Waals surface area contributed by atoms with Crippen molar-refractivity contribution in [1.29, 1.82) is 0 Å². The van der Waals surface area contributed by atoms with Crippen LogP contribution in [-0.4, -0.2) is 23.8 Å². The molecule has 4 heteroatoms. The standard InChI is InChI=1S/C19H20ClNO2/c1-12-4-14(10-21-9-12)13-5-16(20)8-18(6-13)22-11-15-7-17-2-3-19(15)23-17/h4-6,8-10,15,17,19H,2-3,7,11H2,1H3/t15-,17+,19-/m1/s1. The van der Waals surface area contributed by atoms with Crippen molar-refractivity contribution in [1.82, 2.24) is 4.98 Å². The minimum Gasteiger partial charge on any atom is -0.493 e. The van der Waals surface area contributed by atoms with Crippen molar-refractivity contribution in [2.45, 2.75) is 38.4 Å². The van der Waals surface area contributed by atoms with E-state index in [0.29, 0.717) is 29.8 Å². The normalized spacial score (nSPS) is 25.7. The maximum atomic E-state index is 6.27. The van der Waals surface area contributed by atoms with Crippen LogP contribution in [0.1, 0.15) is 24.8 Å². The van der Waals surface area contributed by atoms with E-state index < -0.39 is 0 Å². The number of ether oxygens (including phenoxy) is 2. The van der Waals surface area contributed by atoms with E-state index in [4.69, 9.17) is 21.1 Å². The smallest absolute Gasteiger partial charge is 0.121 e. The van der Waals surface area contributed by atoms with Gasteiger partial charge in [-0.1, -0.05) is 11.6 Å². The first-order chi connectivity index (χ1) is 11.2. The minimum absolute atomic E-state index is 0.389. The van der Waals surface area contributed by atoms with Gasteiger partial charge in [0, 0.05) is 28.9 Å². The van der Waals surface area contributed by atoms with Gasteiger partial charge in [0.15, 0.2) is 0 Å². The van der Waals surface area contributed by atoms with Crippen LogP contribution >= 0.6 is 11.6 Å². The highest BCUT2D eigenvalue weighted by Crippen LogP contribution is 2.39. The Bertz CT molecular complexity index is 718. The lowest BCUT2D eigenvalue weighted by Crippen LogP contribution is -2.23. The van der Waals surface area contributed by atoms with Crippen molar-refractivity contribution in [3.63, 3.8) is 0 Å². The first kappa shape index (κ1) is 15.0. The highest BCUT2D eigenvalue weighted by Gasteiger charge is 2.40. The van der Waals surface area contributed by atoms with Crippen LogP contribution in [0.5, 0.6) is 5.75 Å². The summed E-state index contributed by atoms with van der Waals surface area (Å²) in [5, 5.41) is 0.684. The molecule has 2 aliphatic heterocycles. The second kappa shape index (κ2) is 6.14. The van der Waals surface area contributed by atoms with Crippen LogP contribution in [0.2, 0.25) is 5.02 Å². The van der Waals surface area contributed by atoms with Crippen molar-refractivity contribution in [3.8, 4) is 16.9 Å². The molecular weight excluding hydrogens is 310 g/mol. The largest absolute Gasteiger partial charge is 0.493 e. The van der Waals surface area contributed by atoms with Crippen molar-refractivity contribution in [2.75, 3.05) is 6.61 Å². The average Bonchev–Trinajstić information content (AvgIpc) is 3.15. The van der Waals surface area contributed by atoms with Crippen LogP contribution in [-0.2, 0) is 4.74 Å². The first-order valence-electron chi connectivity index (χ1n) is 8.18. The molecule has 1 aromatic carbocycles. The van der Waals surface area contributed by atoms with E-state index in [1.54, 1.807) is 0 Å². The van der Waals surface area contributed by atoms with Crippen molar-refractivity contribution < 1.29 is 9.47 Å². The number of hydrogen-bond acceptors (Lipinski definition) is 3. The van der Waals surface area contributed by atoms with Crippen molar-refractivity contribution in [2.24, 2.45) is 5.92 Å². The highest BCUT2D eigenvalue weighted by molar-refractivity contribution is 6.31. The predicted octanol–water partition coefficient (Wildman–Crippen LogP) is 4.66. The summed E-state index contributed by atoms with van der Waals surface area (Å²) in [4.78, 5) is 4.25. The molecular formula is C19H20ClNO2. The summed E-state index contributed by atoms with van der Waals surface area (Å²) < 4.78 is 11.9. The second-order valence-corrected chi connectivity index (χ2v) is 7.04. The molecule has 0 amide bonds. The van der Waals surface area contributed by atoms with Crippen LogP contribution in [0.4, 0.5) is 0 Å². The third-order valence-electron chi connectivity index (χ3n) is 4.78. The zero-order valence-electron chi connectivity index (χ0n) is 13.2. The Morgan fingerprint density at radius 3 is 2.83 bits per heavy atom. The number of aromatic nitrogens is 1. The number of nitrogens with zero attached hydrogens (tertiary/aromatic N) is 1. The van der Waals surface area contributed by atoms with Crippen LogP contribution in [0.15, 0.2) is 36.7 Å². The molecule has 2 bridgehead atoms. The zero-order valence-corrected chi connectivity index (χ0v) is 13.9. The van der Waals surface area contributed by atoms with E-state index in [9.17, 15) is 0 Å². The highest BCUT2D eigenvalue weighted by atomic mass is 35.5. The fourth-order valence-corrected chi connectivity index (χ4v) is 3.87. The Kier molecular flexibility index (Phi) is 4.00. The predicted molar refractivity (Wildman–Crippen MR) is 90.9 cm³/mol. The van der Waals surface area contributed by atoms with Gasteiger partial charge in [0.25, 0.3) is 0 Å². The number of fused-ring (bicyclic) bond motifs is 2. The Balaban J connectivity index is 1.50. The van der Waals surface area contributed by atoms with E-state index in [2.05, 4.69) is 11.1 Å². The SMILES string of the molecule is Cc1cncc(-c2cc(Cl)cc(OC[C@H]3C[C@@H]4CC[C@H]3O4)c2)c1. The topological polar surface area (TPSA) is 31.4 Å². The fraction of sp³-hybridized carbons (Fsp3) is 0.421. The molecule has 2 saturated heterocycles. The molecule has 2 aliphatic rings. The van der Waals surface area contributed by atoms with Crippen molar-refractivity contribution >= 4 is 11.6 Å². The van der Waals surface area contributed by atoms with Gasteiger partial charge in [0.05, 0.1) is 18.8 Å². The molecule has 0 radical (unpaired) electrons. The lowest BCUT2D eigenvalue weighted by atomic mass is 9.90. The number of aryl methyl sites for hydroxylation is 1. The Labute approximate surface area is 141 Å². The van der Waals surface area contributed by atoms with Crippen LogP contribution in [0.3, 0.4) is 0 Å². The second-order valence-electron chi connectivity index (χ2n) is 6.61. The summed E-state index contributed by atoms with van der Waals surface area (Å²) in [7, 11) is 0. The lowest BCUT2D eigenvalue weighted by Gasteiger charge is -2.19. The van der Waals surface area contributed by atoms with Crippen LogP contribution in [0.25, 0.3) is 11.1 Å². The Morgan fingerprint density at radius 2 is 2.09 bits per heavy atom. The molecule has 23 heavy (non-hydrogen) atoms. The summed E-state index contributed by atoms with van der Waals surface area (Å²) in [6.07, 6.45) is 8.06. The maximum Gasteiger partial charge on any atom is 0.121 e. The Hall–Kier alpha value is -1.58. The monoisotopic (exact) mass is 329 g/mol. The number of rotatable bonds is 4. The number of halogens is 1. The van der Waals surface area contributed by atoms with Crippen LogP contribution < -0.4 is 4.74 Å². The summed E-state index contributed by atoms with van der Waals surface area (Å²) in [5.41, 5.74) is 3.22. The van der Waals surface area contributed by atoms with Gasteiger partial charge in [-0.2, -0.15) is 0 Å². The van der Waals surface area contributed by atoms with Crippen LogP contribution in [0, 0.1) is 12.8 Å². The van der Waals surface area contributed by atoms with Gasteiger partial charge in [0.2, 0.25) is 0 Å². The summed E-state index contributed by atoms with van der Waals surface area (Å²) in [5.74, 6) is 1.33. The summed E-state index contributed by atoms with van der Waals surface area (Å²) in [6, 6.07) is 7.97. The number of hydrogen-bond donors (Lipinski definition) is 0. The van der Waals surface area contributed by atoms with Gasteiger partial charge >= 0.3 is 0 Å². The molecule has 3 nitrogen and oxygen atoms in total. The third kappa shape index (κ3) is 3.22. The zero-order chi connectivity index (χ0) is 15.8. The molecule has 4 rings (SSSR count). The molecule has 3 heterocycles. The molecule has 0 unspecified atom stereocenters. The minimum atomic E-state index is 0.389. The van der Waals surface area contributed by atoms with Crippen molar-refractivity contribution in [3.05, 3.63) is 47.2 Å². The summed E-state index contributed by atoms with van der Waals surface area (Å²) >= 11 is 6.27. The average molecular weight is 330 g/mol. The maximum absolute atomic E-state index is 6.27. The lowest BCUT2D eigenvalue weighted by molar-refractivity contribution is 0.0825. The molecule has 2 fully saturated rings. The van der Waals surface area contributed by atoms with Gasteiger partial charge < -0.3 is 9.47 Å². The molecule has 2 aromatic rings. The van der Waals surface area contributed by atoms with E-state index in [1.165, 1.54) is 12.8 Å².